The molecule has 4 N–H and O–H groups in total. The minimum absolute atomic E-state index is 0.0264. The van der Waals surface area contributed by atoms with Crippen molar-refractivity contribution in [3.05, 3.63) is 35.9 Å². The van der Waals surface area contributed by atoms with Crippen LogP contribution < -0.4 is 5.73 Å². The molecule has 3 unspecified atom stereocenters. The Morgan fingerprint density at radius 2 is 1.62 bits per heavy atom. The van der Waals surface area contributed by atoms with Crippen LogP contribution in [0.5, 0.6) is 0 Å². The van der Waals surface area contributed by atoms with Crippen LogP contribution in [-0.2, 0) is 10.2 Å². The smallest absolute Gasteiger partial charge is 0.194 e. The SMILES string of the molecule is CC(C)(C)[Si](C)(C)OC(N)(CCC1C(O)(O)CCC2CC[C@@H]3[C@@H](CC[C@]4(C)CCC[C@@H]34)[C@]21C)c1ccccc1. The number of rotatable bonds is 6. The lowest BCUT2D eigenvalue weighted by Gasteiger charge is -2.64. The topological polar surface area (TPSA) is 75.7 Å². The second-order valence-corrected chi connectivity index (χ2v) is 21.0. The molecule has 220 valence electrons. The van der Waals surface area contributed by atoms with Crippen LogP contribution in [0.15, 0.2) is 30.3 Å². The summed E-state index contributed by atoms with van der Waals surface area (Å²) in [6.07, 6.45) is 11.9. The third kappa shape index (κ3) is 5.00. The van der Waals surface area contributed by atoms with Gasteiger partial charge in [0.2, 0.25) is 0 Å². The molecule has 0 heterocycles. The minimum Gasteiger partial charge on any atom is -0.396 e. The van der Waals surface area contributed by atoms with Gasteiger partial charge in [-0.3, -0.25) is 0 Å². The molecule has 0 aliphatic heterocycles. The molecule has 4 nitrogen and oxygen atoms in total. The summed E-state index contributed by atoms with van der Waals surface area (Å²) in [4.78, 5) is 0. The lowest BCUT2D eigenvalue weighted by Crippen LogP contribution is -2.62. The van der Waals surface area contributed by atoms with Crippen molar-refractivity contribution >= 4 is 8.32 Å². The normalized spacial score (nSPS) is 39.8. The van der Waals surface area contributed by atoms with Crippen LogP contribution in [0.1, 0.15) is 111 Å². The van der Waals surface area contributed by atoms with E-state index in [1.807, 2.05) is 18.2 Å². The van der Waals surface area contributed by atoms with Gasteiger partial charge in [0.1, 0.15) is 5.72 Å². The Hall–Kier alpha value is -0.723. The first kappa shape index (κ1) is 29.8. The maximum Gasteiger partial charge on any atom is 0.194 e. The first-order chi connectivity index (χ1) is 18.0. The van der Waals surface area contributed by atoms with Gasteiger partial charge >= 0.3 is 0 Å². The van der Waals surface area contributed by atoms with E-state index in [1.165, 1.54) is 44.9 Å². The molecule has 1 aromatic carbocycles. The molecule has 4 aliphatic rings. The van der Waals surface area contributed by atoms with Crippen molar-refractivity contribution in [2.24, 2.45) is 46.2 Å². The van der Waals surface area contributed by atoms with Gasteiger partial charge in [0.15, 0.2) is 14.1 Å². The van der Waals surface area contributed by atoms with Crippen LogP contribution in [0.25, 0.3) is 0 Å². The third-order valence-corrected chi connectivity index (χ3v) is 17.7. The summed E-state index contributed by atoms with van der Waals surface area (Å²) in [7, 11) is -2.20. The van der Waals surface area contributed by atoms with Gasteiger partial charge in [-0.2, -0.15) is 0 Å². The Morgan fingerprint density at radius 3 is 2.28 bits per heavy atom. The molecule has 0 spiro atoms. The molecule has 4 fully saturated rings. The Balaban J connectivity index is 1.48. The highest BCUT2D eigenvalue weighted by Gasteiger charge is 2.64. The van der Waals surface area contributed by atoms with Gasteiger partial charge in [-0.1, -0.05) is 71.4 Å². The summed E-state index contributed by atoms with van der Waals surface area (Å²) in [5.74, 6) is 0.816. The van der Waals surface area contributed by atoms with E-state index < -0.39 is 19.8 Å². The number of aliphatic hydroxyl groups is 2. The van der Waals surface area contributed by atoms with Crippen LogP contribution >= 0.6 is 0 Å². The van der Waals surface area contributed by atoms with Crippen molar-refractivity contribution in [2.75, 3.05) is 0 Å². The van der Waals surface area contributed by atoms with Crippen LogP contribution in [0.3, 0.4) is 0 Å². The number of hydrogen-bond donors (Lipinski definition) is 3. The first-order valence-corrected chi connectivity index (χ1v) is 18.9. The maximum atomic E-state index is 11.7. The highest BCUT2D eigenvalue weighted by molar-refractivity contribution is 6.74. The predicted octanol–water partition coefficient (Wildman–Crippen LogP) is 7.94. The Labute approximate surface area is 239 Å². The van der Waals surface area contributed by atoms with Crippen LogP contribution in [0, 0.1) is 40.4 Å². The third-order valence-electron chi connectivity index (χ3n) is 13.2. The standard InChI is InChI=1S/C34H57NO3Si/c1-30(2,3)39(6,7)38-33(35,25-12-9-8-10-13-25)22-19-29-32(5)24(17-23-34(29,36)37)15-16-26-27-14-11-20-31(27,4)21-18-28(26)32/h8-10,12-13,24,26-29,36-37H,11,14-23,35H2,1-7H3/t24?,26-,27-,28+,29?,31-,32-,33?/m0/s1. The fourth-order valence-corrected chi connectivity index (χ4v) is 11.4. The zero-order valence-corrected chi connectivity index (χ0v) is 26.9. The molecule has 0 bridgehead atoms. The van der Waals surface area contributed by atoms with Gasteiger partial charge in [-0.15, -0.1) is 0 Å². The van der Waals surface area contributed by atoms with Crippen molar-refractivity contribution < 1.29 is 14.6 Å². The lowest BCUT2D eigenvalue weighted by molar-refractivity contribution is -0.288. The average Bonchev–Trinajstić information content (AvgIpc) is 3.24. The zero-order valence-electron chi connectivity index (χ0n) is 25.9. The molecular formula is C34H57NO3Si. The summed E-state index contributed by atoms with van der Waals surface area (Å²) >= 11 is 0. The van der Waals surface area contributed by atoms with Gasteiger partial charge in [0, 0.05) is 12.3 Å². The minimum atomic E-state index is -2.20. The summed E-state index contributed by atoms with van der Waals surface area (Å²) in [5.41, 5.74) is 7.75. The summed E-state index contributed by atoms with van der Waals surface area (Å²) in [6, 6.07) is 10.3. The van der Waals surface area contributed by atoms with Gasteiger partial charge < -0.3 is 20.4 Å². The molecular weight excluding hydrogens is 498 g/mol. The van der Waals surface area contributed by atoms with Gasteiger partial charge in [0.05, 0.1) is 0 Å². The van der Waals surface area contributed by atoms with E-state index in [2.05, 4.69) is 59.8 Å². The van der Waals surface area contributed by atoms with Crippen molar-refractivity contribution in [3.63, 3.8) is 0 Å². The molecule has 0 radical (unpaired) electrons. The van der Waals surface area contributed by atoms with Crippen LogP contribution in [-0.4, -0.2) is 24.3 Å². The van der Waals surface area contributed by atoms with Crippen LogP contribution in [0.2, 0.25) is 18.1 Å². The quantitative estimate of drug-likeness (QED) is 0.246. The molecule has 39 heavy (non-hydrogen) atoms. The second kappa shape index (κ2) is 9.93. The number of fused-ring (bicyclic) bond motifs is 5. The van der Waals surface area contributed by atoms with E-state index in [4.69, 9.17) is 10.2 Å². The number of nitrogens with two attached hydrogens (primary N) is 1. The fraction of sp³-hybridized carbons (Fsp3) is 0.824. The van der Waals surface area contributed by atoms with Crippen molar-refractivity contribution in [3.8, 4) is 0 Å². The monoisotopic (exact) mass is 555 g/mol. The molecule has 0 saturated heterocycles. The maximum absolute atomic E-state index is 11.7. The summed E-state index contributed by atoms with van der Waals surface area (Å²) in [5, 5.41) is 23.4. The Kier molecular flexibility index (Phi) is 7.58. The van der Waals surface area contributed by atoms with Crippen molar-refractivity contribution in [1.29, 1.82) is 0 Å². The molecule has 5 rings (SSSR count). The predicted molar refractivity (Wildman–Crippen MR) is 162 cm³/mol. The molecule has 1 aromatic rings. The van der Waals surface area contributed by atoms with E-state index >= 15 is 0 Å². The number of hydrogen-bond acceptors (Lipinski definition) is 4. The van der Waals surface area contributed by atoms with Crippen molar-refractivity contribution in [2.45, 2.75) is 135 Å². The van der Waals surface area contributed by atoms with Gasteiger partial charge in [0.25, 0.3) is 0 Å². The van der Waals surface area contributed by atoms with Gasteiger partial charge in [-0.25, -0.2) is 0 Å². The van der Waals surface area contributed by atoms with E-state index in [1.54, 1.807) is 0 Å². The summed E-state index contributed by atoms with van der Waals surface area (Å²) < 4.78 is 7.03. The van der Waals surface area contributed by atoms with E-state index in [0.29, 0.717) is 36.5 Å². The molecule has 4 saturated carbocycles. The van der Waals surface area contributed by atoms with Crippen LogP contribution in [0.4, 0.5) is 0 Å². The number of benzene rings is 1. The highest BCUT2D eigenvalue weighted by atomic mass is 28.4. The van der Waals surface area contributed by atoms with E-state index in [0.717, 1.165) is 23.8 Å². The van der Waals surface area contributed by atoms with E-state index in [-0.39, 0.29) is 16.4 Å². The highest BCUT2D eigenvalue weighted by Crippen LogP contribution is 2.69. The molecule has 0 amide bonds. The lowest BCUT2D eigenvalue weighted by atomic mass is 9.42. The average molecular weight is 556 g/mol. The second-order valence-electron chi connectivity index (χ2n) is 16.2. The van der Waals surface area contributed by atoms with Crippen molar-refractivity contribution in [1.82, 2.24) is 0 Å². The first-order valence-electron chi connectivity index (χ1n) is 16.0. The summed E-state index contributed by atoms with van der Waals surface area (Å²) in [6.45, 7) is 16.3. The molecule has 0 aromatic heterocycles. The fourth-order valence-electron chi connectivity index (χ4n) is 10.0. The Morgan fingerprint density at radius 1 is 0.923 bits per heavy atom. The van der Waals surface area contributed by atoms with E-state index in [9.17, 15) is 10.2 Å². The van der Waals surface area contributed by atoms with Gasteiger partial charge in [-0.05, 0) is 116 Å². The molecule has 5 heteroatoms. The zero-order chi connectivity index (χ0) is 28.5. The molecule has 8 atom stereocenters. The largest absolute Gasteiger partial charge is 0.396 e. The Bertz CT molecular complexity index is 1020. The molecule has 4 aliphatic carbocycles.